The number of rotatable bonds is 4. The number of carbonyl (C=O) groups excluding carboxylic acids is 1. The molecule has 4 nitrogen and oxygen atoms in total. The fraction of sp³-hybridized carbons (Fsp3) is 0.393. The topological polar surface area (TPSA) is 54.9 Å². The molecule has 2 fully saturated rings. The molecule has 2 aliphatic carbocycles. The normalized spacial score (nSPS) is 24.7. The molecule has 1 aromatic carbocycles. The number of benzene rings is 1. The van der Waals surface area contributed by atoms with Crippen LogP contribution in [0.15, 0.2) is 48.8 Å². The molecule has 2 aliphatic rings. The van der Waals surface area contributed by atoms with Crippen molar-refractivity contribution in [1.82, 2.24) is 9.97 Å². The van der Waals surface area contributed by atoms with Crippen LogP contribution in [0.1, 0.15) is 56.6 Å². The number of carbonyl (C=O) groups is 1. The zero-order chi connectivity index (χ0) is 22.9. The van der Waals surface area contributed by atoms with Crippen molar-refractivity contribution >= 4 is 22.6 Å². The van der Waals surface area contributed by atoms with Crippen LogP contribution in [0.25, 0.3) is 10.9 Å². The summed E-state index contributed by atoms with van der Waals surface area (Å²) in [5.74, 6) is 8.22. The van der Waals surface area contributed by atoms with Gasteiger partial charge in [0.2, 0.25) is 5.91 Å². The Labute approximate surface area is 194 Å². The van der Waals surface area contributed by atoms with Crippen LogP contribution < -0.4 is 5.32 Å². The quantitative estimate of drug-likeness (QED) is 0.510. The van der Waals surface area contributed by atoms with Crippen LogP contribution in [-0.2, 0) is 4.79 Å². The van der Waals surface area contributed by atoms with Crippen LogP contribution in [0.4, 0.5) is 10.2 Å². The van der Waals surface area contributed by atoms with Crippen LogP contribution in [-0.4, -0.2) is 15.9 Å². The number of pyridine rings is 2. The first-order valence-electron chi connectivity index (χ1n) is 11.8. The molecule has 2 heterocycles. The SMILES string of the molecule is CC#Cc1ccc(NC(=O)C(C)C2C[C@H]3CC(c4ccnc5ccc(F)cc45)C[C@H]3C2)nc1. The molecule has 1 amide bonds. The van der Waals surface area contributed by atoms with Crippen molar-refractivity contribution in [2.24, 2.45) is 23.7 Å². The highest BCUT2D eigenvalue weighted by Gasteiger charge is 2.44. The molecule has 0 bridgehead atoms. The third-order valence-corrected chi connectivity index (χ3v) is 7.63. The number of fused-ring (bicyclic) bond motifs is 2. The highest BCUT2D eigenvalue weighted by atomic mass is 19.1. The molecule has 3 unspecified atom stereocenters. The first-order chi connectivity index (χ1) is 16.0. The zero-order valence-electron chi connectivity index (χ0n) is 19.0. The van der Waals surface area contributed by atoms with Crippen molar-refractivity contribution in [2.75, 3.05) is 5.32 Å². The van der Waals surface area contributed by atoms with Gasteiger partial charge in [-0.1, -0.05) is 12.8 Å². The van der Waals surface area contributed by atoms with Crippen LogP contribution >= 0.6 is 0 Å². The molecular formula is C28H28FN3O. The first-order valence-corrected chi connectivity index (χ1v) is 11.8. The third kappa shape index (κ3) is 4.35. The van der Waals surface area contributed by atoms with E-state index in [1.54, 1.807) is 31.3 Å². The third-order valence-electron chi connectivity index (χ3n) is 7.63. The number of nitrogens with zero attached hydrogens (tertiary/aromatic N) is 2. The van der Waals surface area contributed by atoms with Gasteiger partial charge in [-0.3, -0.25) is 9.78 Å². The number of amides is 1. The van der Waals surface area contributed by atoms with Crippen molar-refractivity contribution < 1.29 is 9.18 Å². The van der Waals surface area contributed by atoms with E-state index in [-0.39, 0.29) is 17.6 Å². The highest BCUT2D eigenvalue weighted by molar-refractivity contribution is 5.91. The first kappa shape index (κ1) is 21.6. The average molecular weight is 442 g/mol. The second-order valence-corrected chi connectivity index (χ2v) is 9.57. The Morgan fingerprint density at radius 2 is 1.88 bits per heavy atom. The van der Waals surface area contributed by atoms with E-state index in [1.165, 1.54) is 11.6 Å². The molecule has 168 valence electrons. The minimum Gasteiger partial charge on any atom is -0.310 e. The van der Waals surface area contributed by atoms with Gasteiger partial charge in [-0.15, -0.1) is 5.92 Å². The minimum absolute atomic E-state index is 0.0361. The van der Waals surface area contributed by atoms with Gasteiger partial charge in [0, 0.05) is 29.3 Å². The smallest absolute Gasteiger partial charge is 0.228 e. The summed E-state index contributed by atoms with van der Waals surface area (Å²) >= 11 is 0. The lowest BCUT2D eigenvalue weighted by Crippen LogP contribution is -2.26. The summed E-state index contributed by atoms with van der Waals surface area (Å²) in [6, 6.07) is 10.6. The molecule has 0 saturated heterocycles. The van der Waals surface area contributed by atoms with Gasteiger partial charge in [-0.2, -0.15) is 0 Å². The molecule has 5 atom stereocenters. The van der Waals surface area contributed by atoms with Crippen molar-refractivity contribution in [3.63, 3.8) is 0 Å². The molecule has 33 heavy (non-hydrogen) atoms. The summed E-state index contributed by atoms with van der Waals surface area (Å²) < 4.78 is 13.9. The number of anilines is 1. The lowest BCUT2D eigenvalue weighted by Gasteiger charge is -2.21. The Morgan fingerprint density at radius 1 is 1.09 bits per heavy atom. The Balaban J connectivity index is 1.22. The van der Waals surface area contributed by atoms with E-state index in [0.717, 1.165) is 42.1 Å². The number of hydrogen-bond acceptors (Lipinski definition) is 3. The predicted octanol–water partition coefficient (Wildman–Crippen LogP) is 5.93. The number of nitrogens with one attached hydrogen (secondary N) is 1. The van der Waals surface area contributed by atoms with Crippen molar-refractivity contribution in [2.45, 2.75) is 45.4 Å². The minimum atomic E-state index is -0.211. The van der Waals surface area contributed by atoms with Gasteiger partial charge in [0.15, 0.2) is 0 Å². The van der Waals surface area contributed by atoms with E-state index in [9.17, 15) is 9.18 Å². The van der Waals surface area contributed by atoms with Crippen LogP contribution in [0.3, 0.4) is 0 Å². The predicted molar refractivity (Wildman–Crippen MR) is 128 cm³/mol. The van der Waals surface area contributed by atoms with Gasteiger partial charge in [-0.05, 0) is 98.2 Å². The summed E-state index contributed by atoms with van der Waals surface area (Å²) in [4.78, 5) is 21.6. The largest absolute Gasteiger partial charge is 0.310 e. The fourth-order valence-electron chi connectivity index (χ4n) is 5.96. The molecule has 1 N–H and O–H groups in total. The lowest BCUT2D eigenvalue weighted by atomic mass is 9.86. The van der Waals surface area contributed by atoms with E-state index < -0.39 is 0 Å². The maximum Gasteiger partial charge on any atom is 0.228 e. The summed E-state index contributed by atoms with van der Waals surface area (Å²) in [5.41, 5.74) is 2.92. The van der Waals surface area contributed by atoms with Crippen LogP contribution in [0.2, 0.25) is 0 Å². The van der Waals surface area contributed by atoms with Gasteiger partial charge in [-0.25, -0.2) is 9.37 Å². The maximum absolute atomic E-state index is 13.9. The zero-order valence-corrected chi connectivity index (χ0v) is 19.0. The van der Waals surface area contributed by atoms with Crippen LogP contribution in [0.5, 0.6) is 0 Å². The monoisotopic (exact) mass is 441 g/mol. The standard InChI is InChI=1S/C28H28FN3O/c1-3-4-18-5-8-27(31-16-18)32-28(33)17(2)19-11-20-13-22(14-21(20)12-19)24-9-10-30-26-7-6-23(29)15-25(24)26/h5-10,15-17,19-22H,11-14H2,1-2H3,(H,31,32,33)/t17?,19?,20-,21+,22?. The Morgan fingerprint density at radius 3 is 2.58 bits per heavy atom. The van der Waals surface area contributed by atoms with Crippen molar-refractivity contribution in [3.8, 4) is 11.8 Å². The molecule has 3 aromatic rings. The summed E-state index contributed by atoms with van der Waals surface area (Å²) in [6.07, 6.45) is 7.89. The van der Waals surface area contributed by atoms with E-state index in [0.29, 0.717) is 29.5 Å². The van der Waals surface area contributed by atoms with Gasteiger partial charge in [0.05, 0.1) is 5.52 Å². The molecule has 2 saturated carbocycles. The molecule has 0 spiro atoms. The Hall–Kier alpha value is -3.26. The average Bonchev–Trinajstić information content (AvgIpc) is 3.39. The lowest BCUT2D eigenvalue weighted by molar-refractivity contribution is -0.120. The molecule has 2 aromatic heterocycles. The summed E-state index contributed by atoms with van der Waals surface area (Å²) in [7, 11) is 0. The summed E-state index contributed by atoms with van der Waals surface area (Å²) in [6.45, 7) is 3.82. The second kappa shape index (κ2) is 8.94. The van der Waals surface area contributed by atoms with E-state index >= 15 is 0 Å². The van der Waals surface area contributed by atoms with Gasteiger partial charge >= 0.3 is 0 Å². The molecule has 5 heteroatoms. The summed E-state index contributed by atoms with van der Waals surface area (Å²) in [5, 5.41) is 3.91. The highest BCUT2D eigenvalue weighted by Crippen LogP contribution is 2.54. The van der Waals surface area contributed by atoms with E-state index in [2.05, 4.69) is 33.2 Å². The molecule has 0 radical (unpaired) electrons. The van der Waals surface area contributed by atoms with Gasteiger partial charge in [0.1, 0.15) is 11.6 Å². The molecule has 0 aliphatic heterocycles. The number of aromatic nitrogens is 2. The van der Waals surface area contributed by atoms with Gasteiger partial charge in [0.25, 0.3) is 0 Å². The molecule has 5 rings (SSSR count). The maximum atomic E-state index is 13.9. The Kier molecular flexibility index (Phi) is 5.85. The number of hydrogen-bond donors (Lipinski definition) is 1. The second-order valence-electron chi connectivity index (χ2n) is 9.57. The fourth-order valence-corrected chi connectivity index (χ4v) is 5.96. The number of halogens is 1. The van der Waals surface area contributed by atoms with Crippen LogP contribution in [0, 0.1) is 41.3 Å². The van der Waals surface area contributed by atoms with Crippen molar-refractivity contribution in [1.29, 1.82) is 0 Å². The molecular weight excluding hydrogens is 413 g/mol. The Bertz CT molecular complexity index is 1230. The van der Waals surface area contributed by atoms with E-state index in [1.807, 2.05) is 19.2 Å². The van der Waals surface area contributed by atoms with Gasteiger partial charge < -0.3 is 5.32 Å². The van der Waals surface area contributed by atoms with Crippen molar-refractivity contribution in [3.05, 3.63) is 65.7 Å². The van der Waals surface area contributed by atoms with E-state index in [4.69, 9.17) is 0 Å².